The highest BCUT2D eigenvalue weighted by atomic mass is 16.4. The molecule has 0 radical (unpaired) electrons. The molecule has 6 nitrogen and oxygen atoms in total. The molecular weight excluding hydrogens is 236 g/mol. The number of nitrogens with one attached hydrogen (secondary N) is 1. The molecule has 0 fully saturated rings. The second-order valence-electron chi connectivity index (χ2n) is 4.11. The first-order valence-electron chi connectivity index (χ1n) is 5.62. The van der Waals surface area contributed by atoms with Gasteiger partial charge in [0.25, 0.3) is 0 Å². The number of aliphatic carboxylic acids is 1. The van der Waals surface area contributed by atoms with Gasteiger partial charge in [-0.05, 0) is 24.6 Å². The monoisotopic (exact) mass is 250 g/mol. The predicted molar refractivity (Wildman–Crippen MR) is 67.0 cm³/mol. The SMILES string of the molecule is CN(CCCC(=O)O)c1ccc2oc(=O)[nH]c2c1. The number of carboxylic acids is 1. The van der Waals surface area contributed by atoms with Gasteiger partial charge in [-0.25, -0.2) is 4.79 Å². The molecule has 2 rings (SSSR count). The molecule has 0 unspecified atom stereocenters. The third kappa shape index (κ3) is 2.71. The van der Waals surface area contributed by atoms with Gasteiger partial charge in [-0.1, -0.05) is 0 Å². The maximum Gasteiger partial charge on any atom is 0.417 e. The summed E-state index contributed by atoms with van der Waals surface area (Å²) in [5, 5.41) is 8.57. The number of rotatable bonds is 5. The van der Waals surface area contributed by atoms with Gasteiger partial charge in [-0.3, -0.25) is 9.78 Å². The van der Waals surface area contributed by atoms with E-state index >= 15 is 0 Å². The summed E-state index contributed by atoms with van der Waals surface area (Å²) in [5.41, 5.74) is 2.07. The van der Waals surface area contributed by atoms with Crippen molar-refractivity contribution in [3.8, 4) is 0 Å². The molecule has 0 aliphatic rings. The van der Waals surface area contributed by atoms with Crippen molar-refractivity contribution in [2.75, 3.05) is 18.5 Å². The van der Waals surface area contributed by atoms with Gasteiger partial charge in [0.1, 0.15) is 0 Å². The number of aromatic nitrogens is 1. The number of carboxylic acid groups (broad SMARTS) is 1. The Morgan fingerprint density at radius 1 is 1.50 bits per heavy atom. The van der Waals surface area contributed by atoms with Gasteiger partial charge < -0.3 is 14.4 Å². The van der Waals surface area contributed by atoms with Gasteiger partial charge in [0, 0.05) is 25.7 Å². The van der Waals surface area contributed by atoms with E-state index in [1.807, 2.05) is 18.0 Å². The zero-order chi connectivity index (χ0) is 13.1. The standard InChI is InChI=1S/C12H14N2O4/c1-14(6-2-3-11(15)16)8-4-5-10-9(7-8)13-12(17)18-10/h4-5,7H,2-3,6H2,1H3,(H,13,17)(H,15,16). The van der Waals surface area contributed by atoms with Gasteiger partial charge in [0.2, 0.25) is 0 Å². The molecule has 2 aromatic rings. The number of fused-ring (bicyclic) bond motifs is 1. The lowest BCUT2D eigenvalue weighted by Crippen LogP contribution is -2.19. The highest BCUT2D eigenvalue weighted by Gasteiger charge is 2.06. The van der Waals surface area contributed by atoms with Crippen LogP contribution in [0, 0.1) is 0 Å². The summed E-state index contributed by atoms with van der Waals surface area (Å²) in [4.78, 5) is 26.0. The summed E-state index contributed by atoms with van der Waals surface area (Å²) in [6.07, 6.45) is 0.723. The van der Waals surface area contributed by atoms with Crippen molar-refractivity contribution in [1.29, 1.82) is 0 Å². The van der Waals surface area contributed by atoms with Crippen molar-refractivity contribution in [3.05, 3.63) is 28.7 Å². The average molecular weight is 250 g/mol. The maximum atomic E-state index is 11.0. The lowest BCUT2D eigenvalue weighted by Gasteiger charge is -2.18. The number of H-pyrrole nitrogens is 1. The van der Waals surface area contributed by atoms with Crippen molar-refractivity contribution >= 4 is 22.8 Å². The Balaban J connectivity index is 2.09. The van der Waals surface area contributed by atoms with E-state index in [1.54, 1.807) is 12.1 Å². The fraction of sp³-hybridized carbons (Fsp3) is 0.333. The zero-order valence-electron chi connectivity index (χ0n) is 9.97. The molecule has 0 spiro atoms. The Hall–Kier alpha value is -2.24. The van der Waals surface area contributed by atoms with E-state index in [1.165, 1.54) is 0 Å². The van der Waals surface area contributed by atoms with Gasteiger partial charge in [0.05, 0.1) is 5.52 Å². The quantitative estimate of drug-likeness (QED) is 0.838. The average Bonchev–Trinajstić information content (AvgIpc) is 2.67. The lowest BCUT2D eigenvalue weighted by atomic mass is 10.2. The number of hydrogen-bond donors (Lipinski definition) is 2. The van der Waals surface area contributed by atoms with Gasteiger partial charge >= 0.3 is 11.7 Å². The second kappa shape index (κ2) is 4.95. The molecule has 2 N–H and O–H groups in total. The van der Waals surface area contributed by atoms with Crippen molar-refractivity contribution in [2.24, 2.45) is 0 Å². The van der Waals surface area contributed by atoms with Crippen LogP contribution in [0.5, 0.6) is 0 Å². The summed E-state index contributed by atoms with van der Waals surface area (Å²) in [6, 6.07) is 5.36. The zero-order valence-corrected chi connectivity index (χ0v) is 9.97. The molecule has 18 heavy (non-hydrogen) atoms. The molecule has 1 heterocycles. The van der Waals surface area contributed by atoms with E-state index in [9.17, 15) is 9.59 Å². The van der Waals surface area contributed by atoms with Crippen LogP contribution in [0.4, 0.5) is 5.69 Å². The number of carbonyl (C=O) groups is 1. The van der Waals surface area contributed by atoms with Crippen LogP contribution in [0.1, 0.15) is 12.8 Å². The normalized spacial score (nSPS) is 10.7. The Labute approximate surface area is 103 Å². The molecule has 0 saturated heterocycles. The van der Waals surface area contributed by atoms with E-state index in [0.29, 0.717) is 24.1 Å². The van der Waals surface area contributed by atoms with Gasteiger partial charge in [0.15, 0.2) is 5.58 Å². The molecule has 1 aromatic heterocycles. The van der Waals surface area contributed by atoms with Gasteiger partial charge in [-0.2, -0.15) is 0 Å². The Morgan fingerprint density at radius 2 is 2.28 bits per heavy atom. The minimum atomic E-state index is -0.794. The van der Waals surface area contributed by atoms with Crippen LogP contribution >= 0.6 is 0 Å². The van der Waals surface area contributed by atoms with Crippen molar-refractivity contribution < 1.29 is 14.3 Å². The maximum absolute atomic E-state index is 11.0. The molecule has 0 atom stereocenters. The predicted octanol–water partition coefficient (Wildman–Crippen LogP) is 1.42. The Morgan fingerprint density at radius 3 is 3.00 bits per heavy atom. The van der Waals surface area contributed by atoms with Crippen molar-refractivity contribution in [2.45, 2.75) is 12.8 Å². The fourth-order valence-corrected chi connectivity index (χ4v) is 1.77. The highest BCUT2D eigenvalue weighted by molar-refractivity contribution is 5.77. The number of aromatic amines is 1. The molecular formula is C12H14N2O4. The number of hydrogen-bond acceptors (Lipinski definition) is 4. The first-order chi connectivity index (χ1) is 8.56. The number of anilines is 1. The molecule has 0 aliphatic heterocycles. The molecule has 0 amide bonds. The summed E-state index contributed by atoms with van der Waals surface area (Å²) >= 11 is 0. The summed E-state index contributed by atoms with van der Waals surface area (Å²) in [7, 11) is 1.88. The highest BCUT2D eigenvalue weighted by Crippen LogP contribution is 2.19. The van der Waals surface area contributed by atoms with Crippen molar-refractivity contribution in [1.82, 2.24) is 4.98 Å². The van der Waals surface area contributed by atoms with Crippen LogP contribution in [0.25, 0.3) is 11.1 Å². The number of oxazole rings is 1. The molecule has 0 saturated carbocycles. The molecule has 0 bridgehead atoms. The van der Waals surface area contributed by atoms with Crippen LogP contribution < -0.4 is 10.7 Å². The van der Waals surface area contributed by atoms with Crippen LogP contribution in [0.15, 0.2) is 27.4 Å². The molecule has 0 aliphatic carbocycles. The van der Waals surface area contributed by atoms with E-state index in [0.717, 1.165) is 5.69 Å². The van der Waals surface area contributed by atoms with Crippen LogP contribution in [-0.2, 0) is 4.79 Å². The largest absolute Gasteiger partial charge is 0.481 e. The summed E-state index contributed by atoms with van der Waals surface area (Å²) in [6.45, 7) is 0.639. The third-order valence-electron chi connectivity index (χ3n) is 2.73. The fourth-order valence-electron chi connectivity index (χ4n) is 1.77. The van der Waals surface area contributed by atoms with Crippen LogP contribution in [0.2, 0.25) is 0 Å². The summed E-state index contributed by atoms with van der Waals surface area (Å²) < 4.78 is 4.91. The second-order valence-corrected chi connectivity index (χ2v) is 4.11. The first-order valence-corrected chi connectivity index (χ1v) is 5.62. The number of benzene rings is 1. The molecule has 96 valence electrons. The molecule has 1 aromatic carbocycles. The van der Waals surface area contributed by atoms with E-state index in [4.69, 9.17) is 9.52 Å². The third-order valence-corrected chi connectivity index (χ3v) is 2.73. The minimum Gasteiger partial charge on any atom is -0.481 e. The number of nitrogens with zero attached hydrogens (tertiary/aromatic N) is 1. The van der Waals surface area contributed by atoms with E-state index in [-0.39, 0.29) is 6.42 Å². The lowest BCUT2D eigenvalue weighted by molar-refractivity contribution is -0.137. The first kappa shape index (κ1) is 12.2. The Bertz CT molecular complexity index is 614. The topological polar surface area (TPSA) is 86.5 Å². The van der Waals surface area contributed by atoms with Crippen molar-refractivity contribution in [3.63, 3.8) is 0 Å². The Kier molecular flexibility index (Phi) is 3.36. The van der Waals surface area contributed by atoms with Gasteiger partial charge in [-0.15, -0.1) is 0 Å². The molecule has 6 heteroatoms. The summed E-state index contributed by atoms with van der Waals surface area (Å²) in [5.74, 6) is -1.27. The minimum absolute atomic E-state index is 0.148. The van der Waals surface area contributed by atoms with Crippen LogP contribution in [0.3, 0.4) is 0 Å². The van der Waals surface area contributed by atoms with E-state index < -0.39 is 11.7 Å². The van der Waals surface area contributed by atoms with Crippen LogP contribution in [-0.4, -0.2) is 29.7 Å². The smallest absolute Gasteiger partial charge is 0.417 e. The van der Waals surface area contributed by atoms with E-state index in [2.05, 4.69) is 4.98 Å².